The third-order valence-corrected chi connectivity index (χ3v) is 7.04. The fourth-order valence-electron chi connectivity index (χ4n) is 2.80. The summed E-state index contributed by atoms with van der Waals surface area (Å²) in [5.41, 5.74) is 4.19. The highest BCUT2D eigenvalue weighted by atomic mass is 32.2. The predicted molar refractivity (Wildman–Crippen MR) is 109 cm³/mol. The van der Waals surface area contributed by atoms with Crippen LogP contribution in [-0.4, -0.2) is 24.0 Å². The summed E-state index contributed by atoms with van der Waals surface area (Å²) in [5, 5.41) is 2.95. The van der Waals surface area contributed by atoms with E-state index in [1.165, 1.54) is 23.5 Å². The fraction of sp³-hybridized carbons (Fsp3) is 0.350. The van der Waals surface area contributed by atoms with E-state index in [1.807, 2.05) is 67.7 Å². The van der Waals surface area contributed by atoms with E-state index in [2.05, 4.69) is 17.4 Å². The molecule has 3 rings (SSSR count). The number of amides is 1. The van der Waals surface area contributed by atoms with Crippen molar-refractivity contribution in [1.82, 2.24) is 0 Å². The molecule has 0 radical (unpaired) electrons. The van der Waals surface area contributed by atoms with Gasteiger partial charge in [0.05, 0.1) is 4.58 Å². The predicted octanol–water partition coefficient (Wildman–Crippen LogP) is 5.19. The first kappa shape index (κ1) is 18.2. The van der Waals surface area contributed by atoms with E-state index in [9.17, 15) is 4.79 Å². The number of hydrogen-bond acceptors (Lipinski definition) is 4. The standard InChI is InChI=1S/C20H23NO2S2/c1-14-6-3-7-15(2)19(14)23-13-18(22)21-17-9-4-8-16(12-17)20-24-10-5-11-25-20/h3-4,6-9,12,20H,5,10-11,13H2,1-2H3,(H,21,22). The van der Waals surface area contributed by atoms with Crippen LogP contribution in [0.25, 0.3) is 0 Å². The molecular formula is C20H23NO2S2. The van der Waals surface area contributed by atoms with Gasteiger partial charge in [0.2, 0.25) is 0 Å². The summed E-state index contributed by atoms with van der Waals surface area (Å²) in [6.07, 6.45) is 1.28. The summed E-state index contributed by atoms with van der Waals surface area (Å²) < 4.78 is 6.20. The number of carbonyl (C=O) groups excluding carboxylic acids is 1. The number of aryl methyl sites for hydroxylation is 2. The van der Waals surface area contributed by atoms with E-state index in [1.54, 1.807) is 0 Å². The Labute approximate surface area is 157 Å². The van der Waals surface area contributed by atoms with Crippen LogP contribution in [0.2, 0.25) is 0 Å². The maximum Gasteiger partial charge on any atom is 0.262 e. The molecule has 1 aliphatic heterocycles. The van der Waals surface area contributed by atoms with Crippen LogP contribution in [0.15, 0.2) is 42.5 Å². The van der Waals surface area contributed by atoms with Crippen LogP contribution in [0.3, 0.4) is 0 Å². The van der Waals surface area contributed by atoms with E-state index in [0.717, 1.165) is 22.6 Å². The van der Waals surface area contributed by atoms with Gasteiger partial charge in [-0.25, -0.2) is 0 Å². The summed E-state index contributed by atoms with van der Waals surface area (Å²) in [6, 6.07) is 14.1. The molecule has 5 heteroatoms. The summed E-state index contributed by atoms with van der Waals surface area (Å²) >= 11 is 3.96. The minimum Gasteiger partial charge on any atom is -0.483 e. The van der Waals surface area contributed by atoms with E-state index in [-0.39, 0.29) is 12.5 Å². The Bertz CT molecular complexity index is 722. The molecule has 25 heavy (non-hydrogen) atoms. The molecule has 1 aliphatic rings. The van der Waals surface area contributed by atoms with Crippen molar-refractivity contribution >= 4 is 35.1 Å². The molecule has 0 aromatic heterocycles. The maximum absolute atomic E-state index is 12.2. The number of thioether (sulfide) groups is 2. The zero-order valence-electron chi connectivity index (χ0n) is 14.6. The van der Waals surface area contributed by atoms with Crippen molar-refractivity contribution < 1.29 is 9.53 Å². The van der Waals surface area contributed by atoms with Gasteiger partial charge in [-0.1, -0.05) is 30.3 Å². The first-order valence-electron chi connectivity index (χ1n) is 8.45. The van der Waals surface area contributed by atoms with Crippen LogP contribution in [0.4, 0.5) is 5.69 Å². The molecule has 0 bridgehead atoms. The first-order valence-corrected chi connectivity index (χ1v) is 10.6. The molecule has 0 unspecified atom stereocenters. The molecule has 1 heterocycles. The lowest BCUT2D eigenvalue weighted by Crippen LogP contribution is -2.20. The van der Waals surface area contributed by atoms with Crippen molar-refractivity contribution in [3.05, 3.63) is 59.2 Å². The molecule has 2 aromatic carbocycles. The molecule has 1 saturated heterocycles. The average molecular weight is 374 g/mol. The summed E-state index contributed by atoms with van der Waals surface area (Å²) in [6.45, 7) is 4.00. The quantitative estimate of drug-likeness (QED) is 0.783. The normalized spacial score (nSPS) is 15.0. The molecule has 132 valence electrons. The monoisotopic (exact) mass is 373 g/mol. The smallest absolute Gasteiger partial charge is 0.262 e. The molecule has 0 spiro atoms. The van der Waals surface area contributed by atoms with E-state index >= 15 is 0 Å². The Morgan fingerprint density at radius 1 is 1.12 bits per heavy atom. The van der Waals surface area contributed by atoms with E-state index in [4.69, 9.17) is 4.74 Å². The molecule has 0 atom stereocenters. The second-order valence-corrected chi connectivity index (χ2v) is 8.83. The number of para-hydroxylation sites is 1. The number of rotatable bonds is 5. The molecule has 2 aromatic rings. The molecule has 1 amide bonds. The lowest BCUT2D eigenvalue weighted by atomic mass is 10.1. The molecule has 1 fully saturated rings. The zero-order valence-corrected chi connectivity index (χ0v) is 16.2. The Kier molecular flexibility index (Phi) is 6.32. The number of anilines is 1. The fourth-order valence-corrected chi connectivity index (χ4v) is 5.68. The van der Waals surface area contributed by atoms with Gasteiger partial charge in [-0.05, 0) is 60.6 Å². The number of ether oxygens (including phenoxy) is 1. The minimum absolute atomic E-state index is 0.0167. The van der Waals surface area contributed by atoms with E-state index < -0.39 is 0 Å². The molecule has 3 nitrogen and oxygen atoms in total. The topological polar surface area (TPSA) is 38.3 Å². The van der Waals surface area contributed by atoms with E-state index in [0.29, 0.717) is 4.58 Å². The van der Waals surface area contributed by atoms with Gasteiger partial charge in [0, 0.05) is 5.69 Å². The number of hydrogen-bond donors (Lipinski definition) is 1. The van der Waals surface area contributed by atoms with Gasteiger partial charge in [0.1, 0.15) is 5.75 Å². The van der Waals surface area contributed by atoms with Crippen molar-refractivity contribution in [3.63, 3.8) is 0 Å². The van der Waals surface area contributed by atoms with Gasteiger partial charge in [0.15, 0.2) is 6.61 Å². The van der Waals surface area contributed by atoms with Gasteiger partial charge in [-0.3, -0.25) is 4.79 Å². The average Bonchev–Trinajstić information content (AvgIpc) is 2.62. The second-order valence-electron chi connectivity index (χ2n) is 6.11. The minimum atomic E-state index is -0.135. The van der Waals surface area contributed by atoms with Crippen LogP contribution in [0.1, 0.15) is 27.7 Å². The van der Waals surface area contributed by atoms with Crippen LogP contribution in [0.5, 0.6) is 5.75 Å². The Morgan fingerprint density at radius 3 is 2.52 bits per heavy atom. The van der Waals surface area contributed by atoms with Crippen molar-refractivity contribution in [1.29, 1.82) is 0 Å². The zero-order chi connectivity index (χ0) is 17.6. The largest absolute Gasteiger partial charge is 0.483 e. The molecular weight excluding hydrogens is 350 g/mol. The highest BCUT2D eigenvalue weighted by molar-refractivity contribution is 8.16. The third kappa shape index (κ3) is 4.95. The van der Waals surface area contributed by atoms with Crippen molar-refractivity contribution in [2.75, 3.05) is 23.4 Å². The van der Waals surface area contributed by atoms with Gasteiger partial charge >= 0.3 is 0 Å². The molecule has 0 saturated carbocycles. The Hall–Kier alpha value is -1.59. The van der Waals surface area contributed by atoms with Gasteiger partial charge in [-0.15, -0.1) is 23.5 Å². The van der Waals surface area contributed by atoms with Crippen molar-refractivity contribution in [2.45, 2.75) is 24.9 Å². The van der Waals surface area contributed by atoms with Gasteiger partial charge in [0.25, 0.3) is 5.91 Å². The highest BCUT2D eigenvalue weighted by Crippen LogP contribution is 2.44. The SMILES string of the molecule is Cc1cccc(C)c1OCC(=O)Nc1cccc(C2SCCCS2)c1. The number of carbonyl (C=O) groups is 1. The lowest BCUT2D eigenvalue weighted by molar-refractivity contribution is -0.118. The number of benzene rings is 2. The van der Waals surface area contributed by atoms with Crippen LogP contribution in [-0.2, 0) is 4.79 Å². The highest BCUT2D eigenvalue weighted by Gasteiger charge is 2.17. The lowest BCUT2D eigenvalue weighted by Gasteiger charge is -2.21. The van der Waals surface area contributed by atoms with Crippen LogP contribution in [0, 0.1) is 13.8 Å². The molecule has 0 aliphatic carbocycles. The van der Waals surface area contributed by atoms with Crippen molar-refractivity contribution in [3.8, 4) is 5.75 Å². The summed E-state index contributed by atoms with van der Waals surface area (Å²) in [4.78, 5) is 12.2. The van der Waals surface area contributed by atoms with Gasteiger partial charge in [-0.2, -0.15) is 0 Å². The van der Waals surface area contributed by atoms with Crippen LogP contribution < -0.4 is 10.1 Å². The van der Waals surface area contributed by atoms with Crippen molar-refractivity contribution in [2.24, 2.45) is 0 Å². The first-order chi connectivity index (χ1) is 12.1. The third-order valence-electron chi connectivity index (χ3n) is 4.03. The number of nitrogens with one attached hydrogen (secondary N) is 1. The Balaban J connectivity index is 1.59. The Morgan fingerprint density at radius 2 is 1.80 bits per heavy atom. The van der Waals surface area contributed by atoms with Gasteiger partial charge < -0.3 is 10.1 Å². The second kappa shape index (κ2) is 8.68. The molecule has 1 N–H and O–H groups in total. The summed E-state index contributed by atoms with van der Waals surface area (Å²) in [5.74, 6) is 3.07. The summed E-state index contributed by atoms with van der Waals surface area (Å²) in [7, 11) is 0. The van der Waals surface area contributed by atoms with Crippen LogP contribution >= 0.6 is 23.5 Å². The maximum atomic E-state index is 12.2.